The number of hydrogen-bond acceptors (Lipinski definition) is 4. The van der Waals surface area contributed by atoms with E-state index >= 15 is 0 Å². The number of hydrogen-bond donors (Lipinski definition) is 1. The van der Waals surface area contributed by atoms with Gasteiger partial charge in [-0.25, -0.2) is 0 Å². The molecule has 132 valence electrons. The molecule has 0 saturated carbocycles. The third-order valence-corrected chi connectivity index (χ3v) is 4.97. The summed E-state index contributed by atoms with van der Waals surface area (Å²) >= 11 is -1.93. The molecule has 4 rings (SSSR count). The van der Waals surface area contributed by atoms with Gasteiger partial charge in [0.2, 0.25) is 0 Å². The summed E-state index contributed by atoms with van der Waals surface area (Å²) < 4.78 is 80.9. The second-order valence-corrected chi connectivity index (χ2v) is 6.79. The van der Waals surface area contributed by atoms with E-state index < -0.39 is 54.3 Å². The number of fused-ring (bicyclic) bond motifs is 1. The zero-order valence-corrected chi connectivity index (χ0v) is 14.1. The van der Waals surface area contributed by atoms with E-state index in [9.17, 15) is 4.55 Å². The molecule has 3 aromatic heterocycles. The summed E-state index contributed by atoms with van der Waals surface area (Å²) in [6.45, 7) is -2.93. The van der Waals surface area contributed by atoms with Crippen molar-refractivity contribution >= 4 is 22.2 Å². The molecule has 0 aliphatic rings. The van der Waals surface area contributed by atoms with E-state index in [0.717, 1.165) is 5.69 Å². The molecule has 0 amide bonds. The lowest BCUT2D eigenvalue weighted by Crippen LogP contribution is -2.10. The molecule has 7 heteroatoms. The maximum absolute atomic E-state index is 13.1. The van der Waals surface area contributed by atoms with Gasteiger partial charge in [-0.1, -0.05) is 0 Å². The number of imidazole rings is 1. The van der Waals surface area contributed by atoms with Crippen LogP contribution in [0.1, 0.15) is 22.2 Å². The fourth-order valence-corrected chi connectivity index (χ4v) is 3.53. The quantitative estimate of drug-likeness (QED) is 0.543. The van der Waals surface area contributed by atoms with Crippen molar-refractivity contribution in [2.75, 3.05) is 7.04 Å². The summed E-state index contributed by atoms with van der Waals surface area (Å²) in [5.41, 5.74) is 0.991. The maximum atomic E-state index is 13.1. The lowest BCUT2D eigenvalue weighted by Gasteiger charge is -2.10. The summed E-state index contributed by atoms with van der Waals surface area (Å²) in [7, 11) is -3.06. The minimum Gasteiger partial charge on any atom is -0.609 e. The minimum absolute atomic E-state index is 0.0534. The number of aromatic nitrogens is 4. The van der Waals surface area contributed by atoms with Gasteiger partial charge in [-0.15, -0.1) is 0 Å². The first kappa shape index (κ1) is 9.80. The number of aromatic amines is 1. The molecule has 3 heterocycles. The average molecular weight is 374 g/mol. The topological polar surface area (TPSA) is 78.8 Å². The zero-order valence-electron chi connectivity index (χ0n) is 21.3. The molecule has 0 saturated heterocycles. The third-order valence-electron chi connectivity index (χ3n) is 3.81. The van der Waals surface area contributed by atoms with Crippen LogP contribution in [0.2, 0.25) is 0 Å². The largest absolute Gasteiger partial charge is 0.609 e. The van der Waals surface area contributed by atoms with Crippen LogP contribution in [0, 0.1) is 6.85 Å². The van der Waals surface area contributed by atoms with Crippen molar-refractivity contribution < 1.29 is 20.3 Å². The monoisotopic (exact) mass is 374 g/mol. The van der Waals surface area contributed by atoms with Gasteiger partial charge >= 0.3 is 5.16 Å². The third kappa shape index (κ3) is 3.07. The predicted octanol–water partition coefficient (Wildman–Crippen LogP) is 3.37. The minimum atomic E-state index is -3.06. The normalized spacial score (nSPS) is 17.9. The van der Waals surface area contributed by atoms with E-state index in [4.69, 9.17) is 15.7 Å². The molecule has 26 heavy (non-hydrogen) atoms. The molecule has 4 aromatic rings. The fourth-order valence-electron chi connectivity index (χ4n) is 2.52. The van der Waals surface area contributed by atoms with Gasteiger partial charge < -0.3 is 13.9 Å². The Labute approximate surface area is 165 Å². The van der Waals surface area contributed by atoms with Gasteiger partial charge in [0.05, 0.1) is 30.6 Å². The molecule has 0 aliphatic carbocycles. The van der Waals surface area contributed by atoms with Crippen LogP contribution in [0.25, 0.3) is 16.7 Å². The van der Waals surface area contributed by atoms with Crippen molar-refractivity contribution in [1.29, 1.82) is 0 Å². The molecule has 0 bridgehead atoms. The Bertz CT molecular complexity index is 1340. The number of H-pyrrole nitrogens is 1. The Morgan fingerprint density at radius 2 is 2.27 bits per heavy atom. The standard InChI is InChI=1S/C19H18N4O2S/c1-13-17(20-8-7-18(13)25-2)12-26(24)19-21-15-6-5-14(11-16(15)22-19)23-9-3-4-10-23/h3-11H,12H2,1-2H3,(H,21,22)/i1D3,2D3,7D,8D. The van der Waals surface area contributed by atoms with Crippen LogP contribution in [-0.2, 0) is 16.9 Å². The Morgan fingerprint density at radius 1 is 1.38 bits per heavy atom. The molecule has 1 aromatic carbocycles. The number of ether oxygens (including phenoxy) is 1. The number of nitrogens with one attached hydrogen (secondary N) is 1. The van der Waals surface area contributed by atoms with Crippen molar-refractivity contribution in [1.82, 2.24) is 19.5 Å². The highest BCUT2D eigenvalue weighted by Gasteiger charge is 2.20. The molecule has 0 radical (unpaired) electrons. The van der Waals surface area contributed by atoms with Crippen molar-refractivity contribution in [2.45, 2.75) is 17.8 Å². The van der Waals surface area contributed by atoms with E-state index in [1.807, 2.05) is 35.2 Å². The summed E-state index contributed by atoms with van der Waals surface area (Å²) in [4.78, 5) is 11.1. The molecule has 0 spiro atoms. The van der Waals surface area contributed by atoms with Crippen molar-refractivity contribution in [3.05, 3.63) is 66.2 Å². The van der Waals surface area contributed by atoms with Gasteiger partial charge in [-0.3, -0.25) is 9.97 Å². The van der Waals surface area contributed by atoms with Crippen LogP contribution in [0.15, 0.2) is 60.1 Å². The van der Waals surface area contributed by atoms with Crippen LogP contribution in [0.4, 0.5) is 0 Å². The molecular formula is C19H18N4O2S. The van der Waals surface area contributed by atoms with E-state index in [1.165, 1.54) is 0 Å². The van der Waals surface area contributed by atoms with Crippen LogP contribution >= 0.6 is 0 Å². The van der Waals surface area contributed by atoms with Gasteiger partial charge in [0.1, 0.15) is 5.75 Å². The van der Waals surface area contributed by atoms with E-state index in [-0.39, 0.29) is 10.9 Å². The van der Waals surface area contributed by atoms with E-state index in [0.29, 0.717) is 11.0 Å². The van der Waals surface area contributed by atoms with Gasteiger partial charge in [0, 0.05) is 45.1 Å². The van der Waals surface area contributed by atoms with Crippen molar-refractivity contribution in [2.24, 2.45) is 0 Å². The Morgan fingerprint density at radius 3 is 3.08 bits per heavy atom. The smallest absolute Gasteiger partial charge is 0.322 e. The Hall–Kier alpha value is -2.77. The van der Waals surface area contributed by atoms with Crippen molar-refractivity contribution in [3.8, 4) is 11.4 Å². The van der Waals surface area contributed by atoms with Crippen LogP contribution in [0.5, 0.6) is 5.75 Å². The summed E-state index contributed by atoms with van der Waals surface area (Å²) in [5, 5.41) is 0.0534. The highest BCUT2D eigenvalue weighted by Crippen LogP contribution is 2.24. The van der Waals surface area contributed by atoms with Gasteiger partial charge in [0.25, 0.3) is 0 Å². The number of rotatable bonds is 5. The van der Waals surface area contributed by atoms with E-state index in [1.54, 1.807) is 12.1 Å². The highest BCUT2D eigenvalue weighted by atomic mass is 32.2. The SMILES string of the molecule is [2H]c1nc(C[S+]([O-])c2nc3cc(-n4cccc4)ccc3[nH]2)c(C([2H])([2H])[2H])c(OC([2H])([2H])[2H])c1[2H]. The molecule has 1 N–H and O–H groups in total. The first-order valence-corrected chi connectivity index (χ1v) is 8.86. The van der Waals surface area contributed by atoms with Gasteiger partial charge in [0.15, 0.2) is 5.75 Å². The first-order chi connectivity index (χ1) is 15.8. The zero-order chi connectivity index (χ0) is 24.8. The molecule has 0 aliphatic heterocycles. The predicted molar refractivity (Wildman–Crippen MR) is 101 cm³/mol. The molecule has 6 nitrogen and oxygen atoms in total. The Balaban J connectivity index is 1.72. The molecule has 0 fully saturated rings. The fraction of sp³-hybridized carbons (Fsp3) is 0.158. The number of methoxy groups -OCH3 is 1. The molecule has 1 atom stereocenters. The van der Waals surface area contributed by atoms with Crippen molar-refractivity contribution in [3.63, 3.8) is 0 Å². The number of benzene rings is 1. The second kappa shape index (κ2) is 6.86. The summed E-state index contributed by atoms with van der Waals surface area (Å²) in [6, 6.07) is 8.37. The highest BCUT2D eigenvalue weighted by molar-refractivity contribution is 7.90. The van der Waals surface area contributed by atoms with Crippen LogP contribution in [0.3, 0.4) is 0 Å². The summed E-state index contributed by atoms with van der Waals surface area (Å²) in [6.07, 6.45) is 3.03. The van der Waals surface area contributed by atoms with E-state index in [2.05, 4.69) is 15.0 Å². The summed E-state index contributed by atoms with van der Waals surface area (Å²) in [5.74, 6) is -1.28. The van der Waals surface area contributed by atoms with Gasteiger partial charge in [-0.05, 0) is 43.2 Å². The maximum Gasteiger partial charge on any atom is 0.322 e. The van der Waals surface area contributed by atoms with Crippen LogP contribution in [-0.4, -0.2) is 31.1 Å². The second-order valence-electron chi connectivity index (χ2n) is 5.43. The average Bonchev–Trinajstić information content (AvgIpc) is 3.38. The number of nitrogens with zero attached hydrogens (tertiary/aromatic N) is 3. The van der Waals surface area contributed by atoms with Crippen LogP contribution < -0.4 is 4.74 Å². The first-order valence-electron chi connectivity index (χ1n) is 11.5. The molecule has 1 unspecified atom stereocenters. The number of pyridine rings is 1. The Kier molecular flexibility index (Phi) is 2.58. The molecular weight excluding hydrogens is 348 g/mol. The lowest BCUT2D eigenvalue weighted by atomic mass is 10.2. The lowest BCUT2D eigenvalue weighted by molar-refractivity contribution is 0.410. The van der Waals surface area contributed by atoms with Gasteiger partial charge in [-0.2, -0.15) is 4.98 Å².